The summed E-state index contributed by atoms with van der Waals surface area (Å²) in [5, 5.41) is 6.67. The van der Waals surface area contributed by atoms with Crippen LogP contribution in [0.2, 0.25) is 5.02 Å². The number of esters is 1. The van der Waals surface area contributed by atoms with Crippen LogP contribution in [-0.2, 0) is 14.3 Å². The Labute approximate surface area is 182 Å². The van der Waals surface area contributed by atoms with Gasteiger partial charge < -0.3 is 20.3 Å². The fourth-order valence-corrected chi connectivity index (χ4v) is 3.51. The Morgan fingerprint density at radius 2 is 1.97 bits per heavy atom. The van der Waals surface area contributed by atoms with Crippen LogP contribution >= 0.6 is 23.8 Å². The van der Waals surface area contributed by atoms with E-state index in [1.165, 1.54) is 6.20 Å². The molecule has 2 atom stereocenters. The molecule has 0 spiro atoms. The molecule has 0 aliphatic carbocycles. The highest BCUT2D eigenvalue weighted by molar-refractivity contribution is 7.80. The molecule has 1 aromatic rings. The number of amides is 1. The maximum absolute atomic E-state index is 13.1. The molecule has 1 amide bonds. The maximum Gasteiger partial charge on any atom is 0.345 e. The van der Waals surface area contributed by atoms with Gasteiger partial charge in [-0.05, 0) is 69.1 Å². The van der Waals surface area contributed by atoms with Gasteiger partial charge >= 0.3 is 5.97 Å². The first-order valence-corrected chi connectivity index (χ1v) is 10.7. The molecule has 1 heterocycles. The van der Waals surface area contributed by atoms with Crippen LogP contribution in [-0.4, -0.2) is 41.1 Å². The molecule has 29 heavy (non-hydrogen) atoms. The number of hydrogen-bond donors (Lipinski definition) is 2. The number of halogens is 1. The van der Waals surface area contributed by atoms with Crippen molar-refractivity contribution in [2.75, 3.05) is 18.5 Å². The first-order chi connectivity index (χ1) is 13.8. The minimum atomic E-state index is -0.662. The summed E-state index contributed by atoms with van der Waals surface area (Å²) < 4.78 is 5.10. The summed E-state index contributed by atoms with van der Waals surface area (Å²) in [6, 6.07) is 7.09. The molecule has 0 aromatic heterocycles. The summed E-state index contributed by atoms with van der Waals surface area (Å²) in [6.45, 7) is 6.65. The van der Waals surface area contributed by atoms with Crippen LogP contribution in [0.3, 0.4) is 0 Å². The van der Waals surface area contributed by atoms with Crippen molar-refractivity contribution in [2.45, 2.75) is 46.1 Å². The highest BCUT2D eigenvalue weighted by atomic mass is 35.5. The number of rotatable bonds is 6. The molecule has 2 N–H and O–H groups in total. The molecule has 1 fully saturated rings. The first-order valence-electron chi connectivity index (χ1n) is 9.87. The number of nitrogens with one attached hydrogen (secondary N) is 2. The number of carbonyl (C=O) groups is 2. The van der Waals surface area contributed by atoms with E-state index in [1.807, 2.05) is 6.92 Å². The highest BCUT2D eigenvalue weighted by Gasteiger charge is 2.32. The lowest BCUT2D eigenvalue weighted by atomic mass is 9.91. The molecule has 1 saturated heterocycles. The molecule has 1 aliphatic heterocycles. The Hall–Kier alpha value is -2.12. The second-order valence-corrected chi connectivity index (χ2v) is 7.89. The van der Waals surface area contributed by atoms with Gasteiger partial charge in [-0.3, -0.25) is 4.79 Å². The molecule has 158 valence electrons. The van der Waals surface area contributed by atoms with Crippen LogP contribution in [0.1, 0.15) is 40.0 Å². The lowest BCUT2D eigenvalue weighted by molar-refractivity contribution is -0.143. The van der Waals surface area contributed by atoms with Crippen molar-refractivity contribution >= 4 is 46.5 Å². The third kappa shape index (κ3) is 6.72. The summed E-state index contributed by atoms with van der Waals surface area (Å²) >= 11 is 11.1. The van der Waals surface area contributed by atoms with Crippen molar-refractivity contribution in [3.05, 3.63) is 41.1 Å². The van der Waals surface area contributed by atoms with Crippen molar-refractivity contribution in [1.82, 2.24) is 10.2 Å². The third-order valence-corrected chi connectivity index (χ3v) is 5.47. The van der Waals surface area contributed by atoms with Crippen LogP contribution in [0.25, 0.3) is 0 Å². The Balaban J connectivity index is 2.13. The van der Waals surface area contributed by atoms with E-state index in [0.29, 0.717) is 17.5 Å². The fraction of sp³-hybridized carbons (Fsp3) is 0.476. The monoisotopic (exact) mass is 437 g/mol. The van der Waals surface area contributed by atoms with E-state index < -0.39 is 5.97 Å². The molecule has 2 rings (SSSR count). The zero-order valence-corrected chi connectivity index (χ0v) is 18.6. The van der Waals surface area contributed by atoms with Gasteiger partial charge in [0.15, 0.2) is 5.11 Å². The van der Waals surface area contributed by atoms with Crippen LogP contribution in [0.4, 0.5) is 5.69 Å². The predicted octanol–water partition coefficient (Wildman–Crippen LogP) is 4.11. The predicted molar refractivity (Wildman–Crippen MR) is 120 cm³/mol. The zero-order valence-electron chi connectivity index (χ0n) is 17.0. The SMILES string of the molecule is CCOC(=O)/C(=C/NC(=S)Nc1ccc(Cl)cc1)C(=O)N1CC(CC)CCC1C. The molecule has 1 aliphatic rings. The Morgan fingerprint density at radius 1 is 1.28 bits per heavy atom. The van der Waals surface area contributed by atoms with Crippen molar-refractivity contribution in [3.8, 4) is 0 Å². The van der Waals surface area contributed by atoms with Crippen LogP contribution < -0.4 is 10.6 Å². The number of benzene rings is 1. The van der Waals surface area contributed by atoms with E-state index >= 15 is 0 Å². The maximum atomic E-state index is 13.1. The number of ether oxygens (including phenoxy) is 1. The van der Waals surface area contributed by atoms with Gasteiger partial charge in [-0.2, -0.15) is 0 Å². The normalized spacial score (nSPS) is 19.4. The quantitative estimate of drug-likeness (QED) is 0.229. The second-order valence-electron chi connectivity index (χ2n) is 7.04. The van der Waals surface area contributed by atoms with Gasteiger partial charge in [0.25, 0.3) is 5.91 Å². The molecular weight excluding hydrogens is 410 g/mol. The van der Waals surface area contributed by atoms with Gasteiger partial charge in [0.05, 0.1) is 6.61 Å². The van der Waals surface area contributed by atoms with Crippen molar-refractivity contribution in [1.29, 1.82) is 0 Å². The van der Waals surface area contributed by atoms with Gasteiger partial charge in [0.1, 0.15) is 5.57 Å². The fourth-order valence-electron chi connectivity index (χ4n) is 3.21. The van der Waals surface area contributed by atoms with Crippen molar-refractivity contribution in [2.24, 2.45) is 5.92 Å². The van der Waals surface area contributed by atoms with Gasteiger partial charge in [-0.1, -0.05) is 24.9 Å². The number of carbonyl (C=O) groups excluding carboxylic acids is 2. The van der Waals surface area contributed by atoms with Crippen molar-refractivity contribution < 1.29 is 14.3 Å². The Kier molecular flexibility index (Phi) is 8.92. The standard InChI is InChI=1S/C21H28ClN3O3S/c1-4-15-7-6-14(3)25(13-15)19(26)18(20(27)28-5-2)12-23-21(29)24-17-10-8-16(22)9-11-17/h8-12,14-15H,4-7,13H2,1-3H3,(H2,23,24,29)/b18-12+. The minimum Gasteiger partial charge on any atom is -0.462 e. The molecule has 1 aromatic carbocycles. The lowest BCUT2D eigenvalue weighted by Gasteiger charge is -2.38. The summed E-state index contributed by atoms with van der Waals surface area (Å²) in [5.41, 5.74) is 0.676. The number of likely N-dealkylation sites (tertiary alicyclic amines) is 1. The average molecular weight is 438 g/mol. The first kappa shape index (κ1) is 23.2. The zero-order chi connectivity index (χ0) is 21.4. The lowest BCUT2D eigenvalue weighted by Crippen LogP contribution is -2.47. The molecule has 0 bridgehead atoms. The molecular formula is C21H28ClN3O3S. The highest BCUT2D eigenvalue weighted by Crippen LogP contribution is 2.25. The van der Waals surface area contributed by atoms with Crippen LogP contribution in [0.15, 0.2) is 36.0 Å². The largest absolute Gasteiger partial charge is 0.462 e. The van der Waals surface area contributed by atoms with Gasteiger partial charge in [0.2, 0.25) is 0 Å². The molecule has 8 heteroatoms. The van der Waals surface area contributed by atoms with Crippen LogP contribution in [0.5, 0.6) is 0 Å². The van der Waals surface area contributed by atoms with E-state index in [-0.39, 0.29) is 29.2 Å². The number of hydrogen-bond acceptors (Lipinski definition) is 4. The summed E-state index contributed by atoms with van der Waals surface area (Å²) in [4.78, 5) is 27.3. The summed E-state index contributed by atoms with van der Waals surface area (Å²) in [7, 11) is 0. The Morgan fingerprint density at radius 3 is 2.59 bits per heavy atom. The minimum absolute atomic E-state index is 0.0595. The number of nitrogens with zero attached hydrogens (tertiary/aromatic N) is 1. The van der Waals surface area contributed by atoms with E-state index in [4.69, 9.17) is 28.6 Å². The van der Waals surface area contributed by atoms with Gasteiger partial charge in [-0.25, -0.2) is 4.79 Å². The van der Waals surface area contributed by atoms with Crippen molar-refractivity contribution in [3.63, 3.8) is 0 Å². The molecule has 2 unspecified atom stereocenters. The number of anilines is 1. The summed E-state index contributed by atoms with van der Waals surface area (Å²) in [6.07, 6.45) is 4.34. The van der Waals surface area contributed by atoms with Gasteiger partial charge in [0, 0.05) is 29.5 Å². The molecule has 0 radical (unpaired) electrons. The van der Waals surface area contributed by atoms with Gasteiger partial charge in [-0.15, -0.1) is 0 Å². The van der Waals surface area contributed by atoms with E-state index in [0.717, 1.165) is 24.9 Å². The second kappa shape index (κ2) is 11.2. The van der Waals surface area contributed by atoms with Crippen LogP contribution in [0, 0.1) is 5.92 Å². The topological polar surface area (TPSA) is 70.7 Å². The number of piperidine rings is 1. The summed E-state index contributed by atoms with van der Waals surface area (Å²) in [5.74, 6) is -0.555. The number of thiocarbonyl (C=S) groups is 1. The molecule has 0 saturated carbocycles. The van der Waals surface area contributed by atoms with E-state index in [9.17, 15) is 9.59 Å². The average Bonchev–Trinajstić information content (AvgIpc) is 2.70. The smallest absolute Gasteiger partial charge is 0.345 e. The Bertz CT molecular complexity index is 767. The van der Waals surface area contributed by atoms with E-state index in [2.05, 4.69) is 17.6 Å². The molecule has 6 nitrogen and oxygen atoms in total. The third-order valence-electron chi connectivity index (χ3n) is 4.99. The van der Waals surface area contributed by atoms with E-state index in [1.54, 1.807) is 36.1 Å².